The van der Waals surface area contributed by atoms with Gasteiger partial charge < -0.3 is 24.2 Å². The van der Waals surface area contributed by atoms with Crippen molar-refractivity contribution < 1.29 is 27.2 Å². The minimum absolute atomic E-state index is 0.108. The molecular weight excluding hydrogens is 412 g/mol. The Hall–Kier alpha value is -2.79. The van der Waals surface area contributed by atoms with Crippen molar-refractivity contribution in [1.29, 1.82) is 0 Å². The molecule has 0 unspecified atom stereocenters. The molecule has 1 N–H and O–H groups in total. The number of fused-ring (bicyclic) bond motifs is 1. The zero-order valence-electron chi connectivity index (χ0n) is 16.9. The Labute approximate surface area is 174 Å². The number of aromatic nitrogens is 1. The van der Waals surface area contributed by atoms with E-state index in [9.17, 15) is 13.2 Å². The third-order valence-corrected chi connectivity index (χ3v) is 7.25. The number of amides is 2. The number of ether oxygens (including phenoxy) is 2. The summed E-state index contributed by atoms with van der Waals surface area (Å²) in [7, 11) is -3.73. The molecule has 1 fully saturated rings. The molecule has 0 aliphatic carbocycles. The maximum absolute atomic E-state index is 13.0. The summed E-state index contributed by atoms with van der Waals surface area (Å²) in [4.78, 5) is 14.5. The number of hydrogen-bond donors (Lipinski definition) is 1. The second kappa shape index (κ2) is 8.15. The van der Waals surface area contributed by atoms with Crippen LogP contribution in [0.3, 0.4) is 0 Å². The van der Waals surface area contributed by atoms with Crippen LogP contribution in [0.15, 0.2) is 27.6 Å². The Morgan fingerprint density at radius 2 is 1.83 bits per heavy atom. The van der Waals surface area contributed by atoms with Crippen LogP contribution in [0.4, 0.5) is 10.5 Å². The fraction of sp³-hybridized carbons (Fsp3) is 0.474. The van der Waals surface area contributed by atoms with Gasteiger partial charge in [-0.15, -0.1) is 0 Å². The maximum atomic E-state index is 13.0. The Bertz CT molecular complexity index is 1030. The van der Waals surface area contributed by atoms with Crippen LogP contribution < -0.4 is 14.8 Å². The van der Waals surface area contributed by atoms with Crippen LogP contribution in [-0.4, -0.2) is 68.2 Å². The lowest BCUT2D eigenvalue weighted by Gasteiger charge is -2.23. The van der Waals surface area contributed by atoms with E-state index in [1.54, 1.807) is 36.9 Å². The summed E-state index contributed by atoms with van der Waals surface area (Å²) < 4.78 is 43.5. The molecular formula is C19H24N4O6S. The summed E-state index contributed by atoms with van der Waals surface area (Å²) >= 11 is 0. The van der Waals surface area contributed by atoms with Gasteiger partial charge in [0.25, 0.3) is 0 Å². The molecule has 162 valence electrons. The smallest absolute Gasteiger partial charge is 0.321 e. The molecule has 2 aliphatic heterocycles. The van der Waals surface area contributed by atoms with Crippen LogP contribution >= 0.6 is 0 Å². The van der Waals surface area contributed by atoms with Crippen molar-refractivity contribution in [3.63, 3.8) is 0 Å². The van der Waals surface area contributed by atoms with Crippen LogP contribution in [-0.2, 0) is 10.0 Å². The number of hydrogen-bond acceptors (Lipinski definition) is 7. The van der Waals surface area contributed by atoms with E-state index < -0.39 is 10.0 Å². The summed E-state index contributed by atoms with van der Waals surface area (Å²) in [5, 5.41) is 6.59. The number of benzene rings is 1. The van der Waals surface area contributed by atoms with Crippen molar-refractivity contribution >= 4 is 21.7 Å². The number of carbonyl (C=O) groups is 1. The number of rotatable bonds is 3. The first-order valence-electron chi connectivity index (χ1n) is 9.75. The van der Waals surface area contributed by atoms with Gasteiger partial charge in [-0.3, -0.25) is 0 Å². The molecule has 0 bridgehead atoms. The predicted octanol–water partition coefficient (Wildman–Crippen LogP) is 1.99. The van der Waals surface area contributed by atoms with Gasteiger partial charge in [0.05, 0.1) is 0 Å². The molecule has 0 spiro atoms. The highest BCUT2D eigenvalue weighted by Gasteiger charge is 2.33. The van der Waals surface area contributed by atoms with Crippen molar-refractivity contribution in [1.82, 2.24) is 14.4 Å². The number of anilines is 1. The highest BCUT2D eigenvalue weighted by Crippen LogP contribution is 2.32. The molecule has 0 saturated carbocycles. The molecule has 3 heterocycles. The number of sulfonamides is 1. The highest BCUT2D eigenvalue weighted by atomic mass is 32.2. The van der Waals surface area contributed by atoms with Gasteiger partial charge in [0.15, 0.2) is 17.3 Å². The average molecular weight is 436 g/mol. The fourth-order valence-electron chi connectivity index (χ4n) is 3.63. The third kappa shape index (κ3) is 3.94. The number of carbonyl (C=O) groups excluding carboxylic acids is 1. The minimum atomic E-state index is -3.73. The summed E-state index contributed by atoms with van der Waals surface area (Å²) in [6.07, 6.45) is 0.525. The van der Waals surface area contributed by atoms with E-state index in [0.29, 0.717) is 55.6 Å². The lowest BCUT2D eigenvalue weighted by molar-refractivity contribution is 0.171. The van der Waals surface area contributed by atoms with E-state index in [-0.39, 0.29) is 29.8 Å². The molecule has 1 saturated heterocycles. The van der Waals surface area contributed by atoms with Gasteiger partial charge >= 0.3 is 6.03 Å². The SMILES string of the molecule is Cc1noc(C)c1S(=O)(=O)N1CCCN(C(=O)Nc2ccc3c(c2)OCCO3)CC1. The molecule has 0 atom stereocenters. The molecule has 2 aromatic rings. The van der Waals surface area contributed by atoms with Gasteiger partial charge in [0.2, 0.25) is 10.0 Å². The molecule has 1 aromatic carbocycles. The quantitative estimate of drug-likeness (QED) is 0.783. The van der Waals surface area contributed by atoms with Crippen LogP contribution in [0.25, 0.3) is 0 Å². The van der Waals surface area contributed by atoms with Gasteiger partial charge in [-0.05, 0) is 32.4 Å². The number of nitrogens with zero attached hydrogens (tertiary/aromatic N) is 3. The van der Waals surface area contributed by atoms with E-state index in [1.807, 2.05) is 0 Å². The van der Waals surface area contributed by atoms with Gasteiger partial charge in [0, 0.05) is 37.9 Å². The van der Waals surface area contributed by atoms with Crippen molar-refractivity contribution in [3.8, 4) is 11.5 Å². The lowest BCUT2D eigenvalue weighted by atomic mass is 10.2. The predicted molar refractivity (Wildman–Crippen MR) is 107 cm³/mol. The van der Waals surface area contributed by atoms with Crippen LogP contribution in [0.5, 0.6) is 11.5 Å². The average Bonchev–Trinajstić information content (AvgIpc) is 2.93. The van der Waals surface area contributed by atoms with E-state index in [2.05, 4.69) is 10.5 Å². The van der Waals surface area contributed by atoms with Crippen LogP contribution in [0.1, 0.15) is 17.9 Å². The van der Waals surface area contributed by atoms with Crippen molar-refractivity contribution in [2.75, 3.05) is 44.7 Å². The molecule has 1 aromatic heterocycles. The Morgan fingerprint density at radius 1 is 1.07 bits per heavy atom. The standard InChI is InChI=1S/C19H24N4O6S/c1-13-18(14(2)29-21-13)30(25,26)23-7-3-6-22(8-9-23)19(24)20-15-4-5-16-17(12-15)28-11-10-27-16/h4-5,12H,3,6-11H2,1-2H3,(H,20,24). The van der Waals surface area contributed by atoms with Gasteiger partial charge in [-0.2, -0.15) is 4.31 Å². The van der Waals surface area contributed by atoms with E-state index in [1.165, 1.54) is 4.31 Å². The van der Waals surface area contributed by atoms with E-state index in [0.717, 1.165) is 0 Å². The zero-order chi connectivity index (χ0) is 21.3. The molecule has 4 rings (SSSR count). The summed E-state index contributed by atoms with van der Waals surface area (Å²) in [5.74, 6) is 1.51. The fourth-order valence-corrected chi connectivity index (χ4v) is 5.39. The van der Waals surface area contributed by atoms with Gasteiger partial charge in [-0.1, -0.05) is 5.16 Å². The first kappa shape index (κ1) is 20.5. The molecule has 2 amide bonds. The Morgan fingerprint density at radius 3 is 2.57 bits per heavy atom. The van der Waals surface area contributed by atoms with E-state index in [4.69, 9.17) is 14.0 Å². The zero-order valence-corrected chi connectivity index (χ0v) is 17.7. The molecule has 0 radical (unpaired) electrons. The third-order valence-electron chi connectivity index (χ3n) is 5.10. The first-order chi connectivity index (χ1) is 14.4. The number of urea groups is 1. The normalized spacial score (nSPS) is 17.5. The van der Waals surface area contributed by atoms with Gasteiger partial charge in [0.1, 0.15) is 23.8 Å². The van der Waals surface area contributed by atoms with Crippen LogP contribution in [0.2, 0.25) is 0 Å². The summed E-state index contributed by atoms with van der Waals surface area (Å²) in [6.45, 7) is 5.39. The largest absolute Gasteiger partial charge is 0.486 e. The lowest BCUT2D eigenvalue weighted by Crippen LogP contribution is -2.39. The molecule has 2 aliphatic rings. The molecule has 10 nitrogen and oxygen atoms in total. The van der Waals surface area contributed by atoms with Crippen LogP contribution in [0, 0.1) is 13.8 Å². The van der Waals surface area contributed by atoms with Gasteiger partial charge in [-0.25, -0.2) is 13.2 Å². The molecule has 30 heavy (non-hydrogen) atoms. The second-order valence-electron chi connectivity index (χ2n) is 7.19. The Kier molecular flexibility index (Phi) is 5.56. The number of nitrogens with one attached hydrogen (secondary N) is 1. The Balaban J connectivity index is 1.42. The van der Waals surface area contributed by atoms with Crippen molar-refractivity contribution in [2.24, 2.45) is 0 Å². The molecule has 11 heteroatoms. The minimum Gasteiger partial charge on any atom is -0.486 e. The van der Waals surface area contributed by atoms with Crippen molar-refractivity contribution in [3.05, 3.63) is 29.7 Å². The summed E-state index contributed by atoms with van der Waals surface area (Å²) in [5.41, 5.74) is 0.929. The summed E-state index contributed by atoms with van der Waals surface area (Å²) in [6, 6.07) is 4.93. The van der Waals surface area contributed by atoms with Crippen molar-refractivity contribution in [2.45, 2.75) is 25.2 Å². The second-order valence-corrected chi connectivity index (χ2v) is 9.06. The topological polar surface area (TPSA) is 114 Å². The van der Waals surface area contributed by atoms with E-state index >= 15 is 0 Å². The maximum Gasteiger partial charge on any atom is 0.321 e. The number of aryl methyl sites for hydroxylation is 2. The highest BCUT2D eigenvalue weighted by molar-refractivity contribution is 7.89. The monoisotopic (exact) mass is 436 g/mol. The first-order valence-corrected chi connectivity index (χ1v) is 11.2.